The molecule has 18 heavy (non-hydrogen) atoms. The molecule has 1 aliphatic heterocycles. The molecule has 0 aliphatic carbocycles. The quantitative estimate of drug-likeness (QED) is 0.901. The normalized spacial score (nSPS) is 20.6. The van der Waals surface area contributed by atoms with Crippen molar-refractivity contribution >= 4 is 27.4 Å². The summed E-state index contributed by atoms with van der Waals surface area (Å²) in [6.07, 6.45) is 4.13. The van der Waals surface area contributed by atoms with Crippen molar-refractivity contribution in [1.29, 1.82) is 0 Å². The Balaban J connectivity index is 1.98. The maximum absolute atomic E-state index is 5.80. The van der Waals surface area contributed by atoms with Gasteiger partial charge in [-0.25, -0.2) is 9.97 Å². The fourth-order valence-electron chi connectivity index (χ4n) is 2.67. The highest BCUT2D eigenvalue weighted by atomic mass is 32.1. The first-order valence-corrected chi connectivity index (χ1v) is 7.25. The van der Waals surface area contributed by atoms with E-state index in [0.717, 1.165) is 30.3 Å². The van der Waals surface area contributed by atoms with Crippen LogP contribution >= 0.6 is 11.3 Å². The summed E-state index contributed by atoms with van der Waals surface area (Å²) in [5.74, 6) is 1.69. The van der Waals surface area contributed by atoms with Crippen molar-refractivity contribution in [2.75, 3.05) is 24.5 Å². The fourth-order valence-corrected chi connectivity index (χ4v) is 3.51. The van der Waals surface area contributed by atoms with Gasteiger partial charge in [0, 0.05) is 18.0 Å². The number of aromatic nitrogens is 2. The van der Waals surface area contributed by atoms with Gasteiger partial charge in [-0.15, -0.1) is 11.3 Å². The number of fused-ring (bicyclic) bond motifs is 1. The van der Waals surface area contributed by atoms with Gasteiger partial charge in [0.1, 0.15) is 17.0 Å². The molecule has 2 aromatic heterocycles. The minimum atomic E-state index is 0.600. The van der Waals surface area contributed by atoms with E-state index in [4.69, 9.17) is 5.73 Å². The number of nitrogens with two attached hydrogens (primary N) is 1. The average molecular weight is 262 g/mol. The summed E-state index contributed by atoms with van der Waals surface area (Å²) >= 11 is 1.73. The molecule has 2 aromatic rings. The Morgan fingerprint density at radius 2 is 2.39 bits per heavy atom. The largest absolute Gasteiger partial charge is 0.356 e. The van der Waals surface area contributed by atoms with Crippen molar-refractivity contribution in [3.05, 3.63) is 17.3 Å². The van der Waals surface area contributed by atoms with Gasteiger partial charge in [0.15, 0.2) is 0 Å². The lowest BCUT2D eigenvalue weighted by molar-refractivity contribution is 0.422. The number of nitrogens with zero attached hydrogens (tertiary/aromatic N) is 3. The van der Waals surface area contributed by atoms with Crippen molar-refractivity contribution in [1.82, 2.24) is 9.97 Å². The first kappa shape index (κ1) is 11.9. The van der Waals surface area contributed by atoms with Crippen LogP contribution in [-0.2, 0) is 0 Å². The van der Waals surface area contributed by atoms with Gasteiger partial charge in [-0.2, -0.15) is 0 Å². The summed E-state index contributed by atoms with van der Waals surface area (Å²) in [7, 11) is 0. The molecule has 3 heterocycles. The summed E-state index contributed by atoms with van der Waals surface area (Å²) in [5.41, 5.74) is 5.80. The maximum atomic E-state index is 5.80. The third-order valence-electron chi connectivity index (χ3n) is 3.58. The lowest BCUT2D eigenvalue weighted by Crippen LogP contribution is -2.38. The number of rotatable bonds is 2. The molecule has 0 amide bonds. The SMILES string of the molecule is Cc1cc2c(N3CCCC(CN)C3)ncnc2s1. The molecule has 0 saturated carbocycles. The molecule has 0 spiro atoms. The lowest BCUT2D eigenvalue weighted by Gasteiger charge is -2.33. The van der Waals surface area contributed by atoms with Crippen molar-refractivity contribution in [2.45, 2.75) is 19.8 Å². The zero-order valence-electron chi connectivity index (χ0n) is 10.6. The third-order valence-corrected chi connectivity index (χ3v) is 4.54. The van der Waals surface area contributed by atoms with E-state index in [2.05, 4.69) is 27.9 Å². The molecule has 4 nitrogen and oxygen atoms in total. The molecule has 3 rings (SSSR count). The van der Waals surface area contributed by atoms with Gasteiger partial charge in [-0.05, 0) is 38.3 Å². The van der Waals surface area contributed by atoms with Crippen LogP contribution in [0.1, 0.15) is 17.7 Å². The molecule has 0 aromatic carbocycles. The number of hydrogen-bond donors (Lipinski definition) is 1. The second-order valence-corrected chi connectivity index (χ2v) is 6.20. The minimum absolute atomic E-state index is 0.600. The van der Waals surface area contributed by atoms with E-state index in [-0.39, 0.29) is 0 Å². The van der Waals surface area contributed by atoms with E-state index in [0.29, 0.717) is 5.92 Å². The Labute approximate surface area is 111 Å². The zero-order valence-corrected chi connectivity index (χ0v) is 11.4. The molecule has 0 radical (unpaired) electrons. The molecule has 1 saturated heterocycles. The van der Waals surface area contributed by atoms with Crippen molar-refractivity contribution in [2.24, 2.45) is 11.7 Å². The lowest BCUT2D eigenvalue weighted by atomic mass is 9.98. The van der Waals surface area contributed by atoms with Gasteiger partial charge in [0.25, 0.3) is 0 Å². The van der Waals surface area contributed by atoms with Crippen molar-refractivity contribution in [3.8, 4) is 0 Å². The molecule has 5 heteroatoms. The van der Waals surface area contributed by atoms with Crippen LogP contribution in [0.15, 0.2) is 12.4 Å². The Morgan fingerprint density at radius 3 is 3.22 bits per heavy atom. The van der Waals surface area contributed by atoms with Crippen LogP contribution in [0.4, 0.5) is 5.82 Å². The van der Waals surface area contributed by atoms with E-state index in [9.17, 15) is 0 Å². The molecule has 0 bridgehead atoms. The van der Waals surface area contributed by atoms with E-state index in [1.165, 1.54) is 23.1 Å². The van der Waals surface area contributed by atoms with Gasteiger partial charge in [0.05, 0.1) is 5.39 Å². The Kier molecular flexibility index (Phi) is 3.18. The molecule has 1 aliphatic rings. The summed E-state index contributed by atoms with van der Waals surface area (Å²) in [6, 6.07) is 2.20. The van der Waals surface area contributed by atoms with Gasteiger partial charge >= 0.3 is 0 Å². The summed E-state index contributed by atoms with van der Waals surface area (Å²) in [4.78, 5) is 13.6. The van der Waals surface area contributed by atoms with Crippen molar-refractivity contribution in [3.63, 3.8) is 0 Å². The minimum Gasteiger partial charge on any atom is -0.356 e. The number of piperidine rings is 1. The zero-order chi connectivity index (χ0) is 12.5. The van der Waals surface area contributed by atoms with Crippen LogP contribution in [0.3, 0.4) is 0 Å². The number of aryl methyl sites for hydroxylation is 1. The molecular formula is C13H18N4S. The summed E-state index contributed by atoms with van der Waals surface area (Å²) < 4.78 is 0. The predicted octanol–water partition coefficient (Wildman–Crippen LogP) is 2.17. The van der Waals surface area contributed by atoms with Crippen LogP contribution in [0.25, 0.3) is 10.2 Å². The van der Waals surface area contributed by atoms with Crippen LogP contribution in [-0.4, -0.2) is 29.6 Å². The van der Waals surface area contributed by atoms with Crippen LogP contribution < -0.4 is 10.6 Å². The topological polar surface area (TPSA) is 55.0 Å². The van der Waals surface area contributed by atoms with Gasteiger partial charge in [-0.3, -0.25) is 0 Å². The smallest absolute Gasteiger partial charge is 0.140 e. The van der Waals surface area contributed by atoms with Gasteiger partial charge in [0.2, 0.25) is 0 Å². The predicted molar refractivity (Wildman–Crippen MR) is 76.1 cm³/mol. The van der Waals surface area contributed by atoms with E-state index >= 15 is 0 Å². The number of anilines is 1. The highest BCUT2D eigenvalue weighted by molar-refractivity contribution is 7.18. The Morgan fingerprint density at radius 1 is 1.50 bits per heavy atom. The Hall–Kier alpha value is -1.20. The first-order chi connectivity index (χ1) is 8.78. The molecular weight excluding hydrogens is 244 g/mol. The fraction of sp³-hybridized carbons (Fsp3) is 0.538. The van der Waals surface area contributed by atoms with E-state index in [1.54, 1.807) is 17.7 Å². The first-order valence-electron chi connectivity index (χ1n) is 6.44. The number of hydrogen-bond acceptors (Lipinski definition) is 5. The third kappa shape index (κ3) is 2.08. The van der Waals surface area contributed by atoms with Crippen LogP contribution in [0.5, 0.6) is 0 Å². The maximum Gasteiger partial charge on any atom is 0.140 e. The van der Waals surface area contributed by atoms with Crippen LogP contribution in [0.2, 0.25) is 0 Å². The highest BCUT2D eigenvalue weighted by Gasteiger charge is 2.21. The monoisotopic (exact) mass is 262 g/mol. The molecule has 1 atom stereocenters. The summed E-state index contributed by atoms with van der Waals surface area (Å²) in [5, 5.41) is 1.19. The standard InChI is InChI=1S/C13H18N4S/c1-9-5-11-12(15-8-16-13(11)18-9)17-4-2-3-10(6-14)7-17/h5,8,10H,2-4,6-7,14H2,1H3. The summed E-state index contributed by atoms with van der Waals surface area (Å²) in [6.45, 7) is 5.00. The number of thiophene rings is 1. The van der Waals surface area contributed by atoms with E-state index < -0.39 is 0 Å². The van der Waals surface area contributed by atoms with Gasteiger partial charge < -0.3 is 10.6 Å². The average Bonchev–Trinajstić information content (AvgIpc) is 2.78. The highest BCUT2D eigenvalue weighted by Crippen LogP contribution is 2.31. The molecule has 1 unspecified atom stereocenters. The second kappa shape index (κ2) is 4.82. The van der Waals surface area contributed by atoms with Gasteiger partial charge in [-0.1, -0.05) is 0 Å². The molecule has 1 fully saturated rings. The Bertz CT molecular complexity index is 551. The van der Waals surface area contributed by atoms with Crippen molar-refractivity contribution < 1.29 is 0 Å². The van der Waals surface area contributed by atoms with Crippen LogP contribution in [0, 0.1) is 12.8 Å². The second-order valence-electron chi connectivity index (χ2n) is 4.96. The molecule has 96 valence electrons. The molecule has 2 N–H and O–H groups in total. The van der Waals surface area contributed by atoms with E-state index in [1.807, 2.05) is 0 Å².